The molecule has 2 aromatic rings. The van der Waals surface area contributed by atoms with Gasteiger partial charge in [0.15, 0.2) is 11.5 Å². The van der Waals surface area contributed by atoms with Crippen LogP contribution in [-0.2, 0) is 29.1 Å². The molecule has 0 saturated carbocycles. The van der Waals surface area contributed by atoms with E-state index >= 15 is 0 Å². The molecule has 3 heterocycles. The number of methoxy groups -OCH3 is 1. The topological polar surface area (TPSA) is 76.7 Å². The molecule has 2 aliphatic rings. The lowest BCUT2D eigenvalue weighted by molar-refractivity contribution is -0.138. The predicted molar refractivity (Wildman–Crippen MR) is 98.3 cm³/mol. The fraction of sp³-hybridized carbons (Fsp3) is 0.500. The molecule has 1 unspecified atom stereocenters. The van der Waals surface area contributed by atoms with Gasteiger partial charge in [-0.25, -0.2) is 0 Å². The second kappa shape index (κ2) is 7.23. The molecular weight excluding hydrogens is 346 g/mol. The number of piperidine rings is 1. The minimum absolute atomic E-state index is 0.0248. The van der Waals surface area contributed by atoms with E-state index in [-0.39, 0.29) is 18.1 Å². The van der Waals surface area contributed by atoms with Crippen molar-refractivity contribution in [2.45, 2.75) is 39.3 Å². The van der Waals surface area contributed by atoms with Gasteiger partial charge in [-0.3, -0.25) is 9.89 Å². The van der Waals surface area contributed by atoms with Crippen molar-refractivity contribution in [3.63, 3.8) is 0 Å². The van der Waals surface area contributed by atoms with Gasteiger partial charge < -0.3 is 19.1 Å². The molecule has 0 spiro atoms. The van der Waals surface area contributed by atoms with Crippen molar-refractivity contribution in [3.05, 3.63) is 41.2 Å². The molecule has 27 heavy (non-hydrogen) atoms. The number of carbonyl (C=O) groups is 1. The summed E-state index contributed by atoms with van der Waals surface area (Å²) in [5.74, 6) is 1.81. The number of carbonyl (C=O) groups excluding carboxylic acids is 1. The number of hydrogen-bond acceptors (Lipinski definition) is 5. The van der Waals surface area contributed by atoms with Crippen molar-refractivity contribution in [1.82, 2.24) is 15.1 Å². The molecule has 1 N–H and O–H groups in total. The number of ether oxygens (including phenoxy) is 3. The standard InChI is InChI=1S/C20H25N3O4/c1-20(9-14-3-4-17-18(7-14)27-13-26-17)6-5-19(24)23(12-20)10-15-8-16(11-25-2)22-21-15/h3-4,7-8H,5-6,9-13H2,1-2H3,(H,21,22). The van der Waals surface area contributed by atoms with Gasteiger partial charge in [0.2, 0.25) is 12.7 Å². The van der Waals surface area contributed by atoms with Crippen LogP contribution in [0.2, 0.25) is 0 Å². The molecule has 7 heteroatoms. The third-order valence-electron chi connectivity index (χ3n) is 5.27. The highest BCUT2D eigenvalue weighted by molar-refractivity contribution is 5.77. The van der Waals surface area contributed by atoms with Crippen molar-refractivity contribution in [2.75, 3.05) is 20.4 Å². The molecule has 1 amide bonds. The van der Waals surface area contributed by atoms with Gasteiger partial charge in [0.25, 0.3) is 0 Å². The van der Waals surface area contributed by atoms with E-state index in [1.165, 1.54) is 5.56 Å². The summed E-state index contributed by atoms with van der Waals surface area (Å²) in [6.07, 6.45) is 2.35. The first-order valence-corrected chi connectivity index (χ1v) is 9.23. The summed E-state index contributed by atoms with van der Waals surface area (Å²) in [7, 11) is 1.64. The molecule has 1 fully saturated rings. The maximum Gasteiger partial charge on any atom is 0.231 e. The van der Waals surface area contributed by atoms with E-state index in [2.05, 4.69) is 29.3 Å². The fourth-order valence-corrected chi connectivity index (χ4v) is 3.94. The number of rotatable bonds is 6. The second-order valence-corrected chi connectivity index (χ2v) is 7.74. The molecular formula is C20H25N3O4. The predicted octanol–water partition coefficient (Wildman–Crippen LogP) is 2.66. The zero-order valence-corrected chi connectivity index (χ0v) is 15.8. The number of amides is 1. The Hall–Kier alpha value is -2.54. The number of nitrogens with zero attached hydrogens (tertiary/aromatic N) is 2. The number of nitrogens with one attached hydrogen (secondary N) is 1. The van der Waals surface area contributed by atoms with E-state index in [1.807, 2.05) is 17.0 Å². The summed E-state index contributed by atoms with van der Waals surface area (Å²) in [5, 5.41) is 7.23. The number of hydrogen-bond donors (Lipinski definition) is 1. The van der Waals surface area contributed by atoms with Crippen LogP contribution in [0.1, 0.15) is 36.7 Å². The van der Waals surface area contributed by atoms with E-state index in [0.717, 1.165) is 42.3 Å². The van der Waals surface area contributed by atoms with Crippen LogP contribution < -0.4 is 9.47 Å². The lowest BCUT2D eigenvalue weighted by Crippen LogP contribution is -2.45. The van der Waals surface area contributed by atoms with Crippen molar-refractivity contribution in [3.8, 4) is 11.5 Å². The molecule has 0 aliphatic carbocycles. The lowest BCUT2D eigenvalue weighted by atomic mass is 9.76. The first-order valence-electron chi connectivity index (χ1n) is 9.23. The molecule has 0 bridgehead atoms. The van der Waals surface area contributed by atoms with E-state index in [1.54, 1.807) is 7.11 Å². The van der Waals surface area contributed by atoms with Gasteiger partial charge in [0, 0.05) is 20.1 Å². The van der Waals surface area contributed by atoms with E-state index in [4.69, 9.17) is 14.2 Å². The molecule has 7 nitrogen and oxygen atoms in total. The fourth-order valence-electron chi connectivity index (χ4n) is 3.94. The third-order valence-corrected chi connectivity index (χ3v) is 5.27. The lowest BCUT2D eigenvalue weighted by Gasteiger charge is -2.40. The maximum atomic E-state index is 12.5. The number of H-pyrrole nitrogens is 1. The molecule has 1 saturated heterocycles. The van der Waals surface area contributed by atoms with Crippen LogP contribution in [0.15, 0.2) is 24.3 Å². The summed E-state index contributed by atoms with van der Waals surface area (Å²) in [5.41, 5.74) is 3.01. The molecule has 144 valence electrons. The second-order valence-electron chi connectivity index (χ2n) is 7.74. The summed E-state index contributed by atoms with van der Waals surface area (Å²) in [4.78, 5) is 14.4. The minimum Gasteiger partial charge on any atom is -0.454 e. The van der Waals surface area contributed by atoms with Crippen LogP contribution in [0.25, 0.3) is 0 Å². The summed E-state index contributed by atoms with van der Waals surface area (Å²) in [6, 6.07) is 8.07. The summed E-state index contributed by atoms with van der Waals surface area (Å²) >= 11 is 0. The van der Waals surface area contributed by atoms with E-state index in [9.17, 15) is 4.79 Å². The highest BCUT2D eigenvalue weighted by atomic mass is 16.7. The van der Waals surface area contributed by atoms with Gasteiger partial charge >= 0.3 is 0 Å². The van der Waals surface area contributed by atoms with Gasteiger partial charge in [-0.1, -0.05) is 13.0 Å². The number of benzene rings is 1. The Balaban J connectivity index is 1.44. The zero-order chi connectivity index (χ0) is 18.9. The van der Waals surface area contributed by atoms with Gasteiger partial charge in [-0.05, 0) is 42.0 Å². The average Bonchev–Trinajstić information content (AvgIpc) is 3.27. The Morgan fingerprint density at radius 2 is 2.15 bits per heavy atom. The minimum atomic E-state index is 0.0248. The number of fused-ring (bicyclic) bond motifs is 1. The zero-order valence-electron chi connectivity index (χ0n) is 15.8. The number of likely N-dealkylation sites (tertiary alicyclic amines) is 1. The quantitative estimate of drug-likeness (QED) is 0.845. The van der Waals surface area contributed by atoms with Gasteiger partial charge in [-0.2, -0.15) is 5.10 Å². The highest BCUT2D eigenvalue weighted by Gasteiger charge is 2.35. The van der Waals surface area contributed by atoms with E-state index in [0.29, 0.717) is 19.6 Å². The van der Waals surface area contributed by atoms with Crippen LogP contribution >= 0.6 is 0 Å². The largest absolute Gasteiger partial charge is 0.454 e. The van der Waals surface area contributed by atoms with Gasteiger partial charge in [-0.15, -0.1) is 0 Å². The van der Waals surface area contributed by atoms with Crippen molar-refractivity contribution in [2.24, 2.45) is 5.41 Å². The average molecular weight is 371 g/mol. The van der Waals surface area contributed by atoms with Crippen molar-refractivity contribution < 1.29 is 19.0 Å². The Morgan fingerprint density at radius 1 is 1.30 bits per heavy atom. The van der Waals surface area contributed by atoms with Crippen LogP contribution in [0, 0.1) is 5.41 Å². The molecule has 4 rings (SSSR count). The summed E-state index contributed by atoms with van der Waals surface area (Å²) < 4.78 is 16.0. The van der Waals surface area contributed by atoms with E-state index < -0.39 is 0 Å². The smallest absolute Gasteiger partial charge is 0.231 e. The number of aromatic amines is 1. The number of aromatic nitrogens is 2. The molecule has 1 aromatic carbocycles. The van der Waals surface area contributed by atoms with Crippen LogP contribution in [0.5, 0.6) is 11.5 Å². The normalized spacial score (nSPS) is 21.7. The van der Waals surface area contributed by atoms with Crippen LogP contribution in [0.3, 0.4) is 0 Å². The SMILES string of the molecule is COCc1cc(CN2CC(C)(Cc3ccc4c(c3)OCO4)CCC2=O)[nH]n1. The highest BCUT2D eigenvalue weighted by Crippen LogP contribution is 2.38. The van der Waals surface area contributed by atoms with Gasteiger partial charge in [0.1, 0.15) is 0 Å². The van der Waals surface area contributed by atoms with Crippen molar-refractivity contribution >= 4 is 5.91 Å². The van der Waals surface area contributed by atoms with Crippen LogP contribution in [0.4, 0.5) is 0 Å². The molecule has 2 aliphatic heterocycles. The van der Waals surface area contributed by atoms with Gasteiger partial charge in [0.05, 0.1) is 24.5 Å². The molecule has 1 atom stereocenters. The van der Waals surface area contributed by atoms with Crippen molar-refractivity contribution in [1.29, 1.82) is 0 Å². The first kappa shape index (κ1) is 17.9. The Bertz CT molecular complexity index is 834. The monoisotopic (exact) mass is 371 g/mol. The Morgan fingerprint density at radius 3 is 3.00 bits per heavy atom. The maximum absolute atomic E-state index is 12.5. The Labute approximate surface area is 158 Å². The summed E-state index contributed by atoms with van der Waals surface area (Å²) in [6.45, 7) is 4.27. The molecule has 1 aromatic heterocycles. The Kier molecular flexibility index (Phi) is 4.78. The van der Waals surface area contributed by atoms with Crippen LogP contribution in [-0.4, -0.2) is 41.5 Å². The first-order chi connectivity index (χ1) is 13.0. The molecule has 0 radical (unpaired) electrons. The third kappa shape index (κ3) is 3.93.